The summed E-state index contributed by atoms with van der Waals surface area (Å²) in [4.78, 5) is 0. The summed E-state index contributed by atoms with van der Waals surface area (Å²) in [6.07, 6.45) is 2.20. The second-order valence-corrected chi connectivity index (χ2v) is 4.94. The van der Waals surface area contributed by atoms with Crippen LogP contribution in [0.4, 0.5) is 0 Å². The maximum absolute atomic E-state index is 5.73. The molecule has 0 aliphatic carbocycles. The third-order valence-electron chi connectivity index (χ3n) is 3.25. The van der Waals surface area contributed by atoms with Crippen molar-refractivity contribution in [2.24, 2.45) is 5.92 Å². The summed E-state index contributed by atoms with van der Waals surface area (Å²) >= 11 is 0. The van der Waals surface area contributed by atoms with Crippen molar-refractivity contribution in [1.29, 1.82) is 0 Å². The molecule has 0 N–H and O–H groups in total. The summed E-state index contributed by atoms with van der Waals surface area (Å²) in [5, 5.41) is 0. The van der Waals surface area contributed by atoms with E-state index in [2.05, 4.69) is 26.0 Å². The SMILES string of the molecule is CCOc1cc(CC(C)CC)cc(OCC)c1OCC. The van der Waals surface area contributed by atoms with Gasteiger partial charge in [0.2, 0.25) is 5.75 Å². The molecule has 0 radical (unpaired) electrons. The van der Waals surface area contributed by atoms with Gasteiger partial charge in [0.25, 0.3) is 0 Å². The fourth-order valence-corrected chi connectivity index (χ4v) is 2.11. The first-order valence-corrected chi connectivity index (χ1v) is 7.71. The Morgan fingerprint density at radius 1 is 0.850 bits per heavy atom. The van der Waals surface area contributed by atoms with Crippen LogP contribution in [0.3, 0.4) is 0 Å². The lowest BCUT2D eigenvalue weighted by atomic mass is 9.98. The van der Waals surface area contributed by atoms with Crippen LogP contribution in [0.5, 0.6) is 17.2 Å². The zero-order valence-electron chi connectivity index (χ0n) is 13.5. The molecular weight excluding hydrogens is 252 g/mol. The molecule has 0 aromatic heterocycles. The van der Waals surface area contributed by atoms with Gasteiger partial charge in [-0.15, -0.1) is 0 Å². The van der Waals surface area contributed by atoms with Gasteiger partial charge < -0.3 is 14.2 Å². The summed E-state index contributed by atoms with van der Waals surface area (Å²) in [7, 11) is 0. The van der Waals surface area contributed by atoms with Gasteiger partial charge >= 0.3 is 0 Å². The van der Waals surface area contributed by atoms with Crippen molar-refractivity contribution in [3.05, 3.63) is 17.7 Å². The van der Waals surface area contributed by atoms with Crippen LogP contribution in [-0.4, -0.2) is 19.8 Å². The summed E-state index contributed by atoms with van der Waals surface area (Å²) in [6.45, 7) is 12.3. The fourth-order valence-electron chi connectivity index (χ4n) is 2.11. The van der Waals surface area contributed by atoms with Gasteiger partial charge in [-0.25, -0.2) is 0 Å². The zero-order chi connectivity index (χ0) is 15.0. The molecule has 20 heavy (non-hydrogen) atoms. The van der Waals surface area contributed by atoms with Gasteiger partial charge in [-0.05, 0) is 50.8 Å². The molecule has 1 aromatic rings. The molecule has 0 spiro atoms. The molecule has 1 unspecified atom stereocenters. The molecule has 1 atom stereocenters. The van der Waals surface area contributed by atoms with Crippen LogP contribution in [0, 0.1) is 5.92 Å². The molecule has 1 aromatic carbocycles. The van der Waals surface area contributed by atoms with Crippen LogP contribution in [0.2, 0.25) is 0 Å². The van der Waals surface area contributed by atoms with E-state index >= 15 is 0 Å². The van der Waals surface area contributed by atoms with Crippen molar-refractivity contribution in [2.45, 2.75) is 47.5 Å². The second kappa shape index (κ2) is 8.72. The van der Waals surface area contributed by atoms with E-state index in [9.17, 15) is 0 Å². The van der Waals surface area contributed by atoms with Crippen LogP contribution >= 0.6 is 0 Å². The molecule has 0 heterocycles. The summed E-state index contributed by atoms with van der Waals surface area (Å²) < 4.78 is 17.2. The van der Waals surface area contributed by atoms with E-state index in [1.807, 2.05) is 20.8 Å². The van der Waals surface area contributed by atoms with E-state index in [1.165, 1.54) is 12.0 Å². The number of ether oxygens (including phenoxy) is 3. The van der Waals surface area contributed by atoms with Crippen LogP contribution in [0.15, 0.2) is 12.1 Å². The highest BCUT2D eigenvalue weighted by Crippen LogP contribution is 2.39. The molecule has 0 aliphatic rings. The topological polar surface area (TPSA) is 27.7 Å². The predicted octanol–water partition coefficient (Wildman–Crippen LogP) is 4.47. The standard InChI is InChI=1S/C17H28O3/c1-6-13(5)10-14-11-15(18-7-2)17(20-9-4)16(12-14)19-8-3/h11-13H,6-10H2,1-5H3. The third-order valence-corrected chi connectivity index (χ3v) is 3.25. The Kier molecular flexibility index (Phi) is 7.27. The highest BCUT2D eigenvalue weighted by Gasteiger charge is 2.15. The lowest BCUT2D eigenvalue weighted by Crippen LogP contribution is -2.05. The smallest absolute Gasteiger partial charge is 0.203 e. The van der Waals surface area contributed by atoms with Crippen LogP contribution < -0.4 is 14.2 Å². The van der Waals surface area contributed by atoms with Crippen LogP contribution in [0.25, 0.3) is 0 Å². The van der Waals surface area contributed by atoms with Crippen LogP contribution in [0.1, 0.15) is 46.6 Å². The fraction of sp³-hybridized carbons (Fsp3) is 0.647. The van der Waals surface area contributed by atoms with E-state index < -0.39 is 0 Å². The normalized spacial score (nSPS) is 12.1. The van der Waals surface area contributed by atoms with E-state index in [0.29, 0.717) is 25.7 Å². The van der Waals surface area contributed by atoms with Crippen molar-refractivity contribution in [1.82, 2.24) is 0 Å². The minimum absolute atomic E-state index is 0.602. The molecule has 3 nitrogen and oxygen atoms in total. The van der Waals surface area contributed by atoms with Gasteiger partial charge in [0.05, 0.1) is 19.8 Å². The number of rotatable bonds is 9. The van der Waals surface area contributed by atoms with Gasteiger partial charge in [0, 0.05) is 0 Å². The first kappa shape index (κ1) is 16.7. The highest BCUT2D eigenvalue weighted by molar-refractivity contribution is 5.54. The average molecular weight is 280 g/mol. The largest absolute Gasteiger partial charge is 0.490 e. The van der Waals surface area contributed by atoms with E-state index in [4.69, 9.17) is 14.2 Å². The summed E-state index contributed by atoms with van der Waals surface area (Å²) in [6, 6.07) is 4.17. The Labute approximate surface area is 123 Å². The van der Waals surface area contributed by atoms with Crippen molar-refractivity contribution in [3.63, 3.8) is 0 Å². The lowest BCUT2D eigenvalue weighted by molar-refractivity contribution is 0.260. The lowest BCUT2D eigenvalue weighted by Gasteiger charge is -2.18. The van der Waals surface area contributed by atoms with Gasteiger partial charge in [-0.3, -0.25) is 0 Å². The quantitative estimate of drug-likeness (QED) is 0.668. The highest BCUT2D eigenvalue weighted by atomic mass is 16.5. The van der Waals surface area contributed by atoms with Gasteiger partial charge in [-0.1, -0.05) is 20.3 Å². The molecule has 114 valence electrons. The van der Waals surface area contributed by atoms with Crippen LogP contribution in [-0.2, 0) is 6.42 Å². The molecule has 3 heteroatoms. The second-order valence-electron chi connectivity index (χ2n) is 4.94. The minimum Gasteiger partial charge on any atom is -0.490 e. The maximum Gasteiger partial charge on any atom is 0.203 e. The molecule has 1 rings (SSSR count). The average Bonchev–Trinajstić information content (AvgIpc) is 2.43. The van der Waals surface area contributed by atoms with Crippen molar-refractivity contribution >= 4 is 0 Å². The molecule has 0 saturated carbocycles. The van der Waals surface area contributed by atoms with E-state index in [1.54, 1.807) is 0 Å². The molecule has 0 aliphatic heterocycles. The van der Waals surface area contributed by atoms with Crippen molar-refractivity contribution < 1.29 is 14.2 Å². The van der Waals surface area contributed by atoms with E-state index in [0.717, 1.165) is 23.7 Å². The maximum atomic E-state index is 5.73. The molecule has 0 amide bonds. The Balaban J connectivity index is 3.14. The first-order chi connectivity index (χ1) is 9.65. The number of hydrogen-bond acceptors (Lipinski definition) is 3. The first-order valence-electron chi connectivity index (χ1n) is 7.71. The zero-order valence-corrected chi connectivity index (χ0v) is 13.5. The Bertz CT molecular complexity index is 374. The minimum atomic E-state index is 0.602. The summed E-state index contributed by atoms with van der Waals surface area (Å²) in [5.74, 6) is 2.96. The molecular formula is C17H28O3. The Hall–Kier alpha value is -1.38. The number of benzene rings is 1. The number of hydrogen-bond donors (Lipinski definition) is 0. The van der Waals surface area contributed by atoms with Gasteiger partial charge in [-0.2, -0.15) is 0 Å². The Morgan fingerprint density at radius 3 is 1.75 bits per heavy atom. The monoisotopic (exact) mass is 280 g/mol. The molecule has 0 saturated heterocycles. The van der Waals surface area contributed by atoms with Gasteiger partial charge in [0.15, 0.2) is 11.5 Å². The predicted molar refractivity (Wildman–Crippen MR) is 83.1 cm³/mol. The molecule has 0 fully saturated rings. The van der Waals surface area contributed by atoms with Crippen molar-refractivity contribution in [3.8, 4) is 17.2 Å². The summed E-state index contributed by atoms with van der Waals surface area (Å²) in [5.41, 5.74) is 1.25. The van der Waals surface area contributed by atoms with Gasteiger partial charge in [0.1, 0.15) is 0 Å². The van der Waals surface area contributed by atoms with Crippen molar-refractivity contribution in [2.75, 3.05) is 19.8 Å². The van der Waals surface area contributed by atoms with E-state index in [-0.39, 0.29) is 0 Å². The third kappa shape index (κ3) is 4.62. The molecule has 0 bridgehead atoms. The Morgan fingerprint density at radius 2 is 1.35 bits per heavy atom.